The van der Waals surface area contributed by atoms with Crippen LogP contribution in [0.3, 0.4) is 0 Å². The minimum atomic E-state index is -2.97. The molecule has 2 aromatic rings. The number of hydrogen-bond acceptors (Lipinski definition) is 4. The zero-order valence-electron chi connectivity index (χ0n) is 10.2. The standard InChI is InChI=1S/C12H10Cl2F2N2OS/c1-6(10-4-17-5-20-10)18-7-2-8(13)11(9(14)3-7)19-12(15)16/h2-6,12,18H,1H3. The molecule has 0 spiro atoms. The van der Waals surface area contributed by atoms with E-state index in [9.17, 15) is 8.78 Å². The van der Waals surface area contributed by atoms with Crippen LogP contribution in [0, 0.1) is 0 Å². The highest BCUT2D eigenvalue weighted by molar-refractivity contribution is 7.09. The predicted octanol–water partition coefficient (Wildman–Crippen LogP) is 5.22. The molecule has 0 bridgehead atoms. The zero-order valence-corrected chi connectivity index (χ0v) is 12.6. The summed E-state index contributed by atoms with van der Waals surface area (Å²) in [7, 11) is 0. The van der Waals surface area contributed by atoms with Gasteiger partial charge in [0.25, 0.3) is 0 Å². The van der Waals surface area contributed by atoms with Crippen molar-refractivity contribution < 1.29 is 13.5 Å². The number of thiazole rings is 1. The van der Waals surface area contributed by atoms with Crippen LogP contribution < -0.4 is 10.1 Å². The minimum Gasteiger partial charge on any atom is -0.432 e. The molecular weight excluding hydrogens is 329 g/mol. The van der Waals surface area contributed by atoms with Crippen LogP contribution in [0.15, 0.2) is 23.8 Å². The highest BCUT2D eigenvalue weighted by Gasteiger charge is 2.15. The zero-order chi connectivity index (χ0) is 14.7. The van der Waals surface area contributed by atoms with Gasteiger partial charge in [-0.15, -0.1) is 11.3 Å². The Morgan fingerprint density at radius 3 is 2.45 bits per heavy atom. The fourth-order valence-electron chi connectivity index (χ4n) is 1.61. The molecule has 1 atom stereocenters. The summed E-state index contributed by atoms with van der Waals surface area (Å²) >= 11 is 13.3. The summed E-state index contributed by atoms with van der Waals surface area (Å²) in [6.45, 7) is -1.03. The molecule has 20 heavy (non-hydrogen) atoms. The third kappa shape index (κ3) is 3.71. The highest BCUT2D eigenvalue weighted by atomic mass is 35.5. The predicted molar refractivity (Wildman–Crippen MR) is 77.2 cm³/mol. The van der Waals surface area contributed by atoms with Gasteiger partial charge in [-0.3, -0.25) is 4.98 Å². The van der Waals surface area contributed by atoms with E-state index in [1.54, 1.807) is 11.7 Å². The second-order valence-corrected chi connectivity index (χ2v) is 5.65. The average Bonchev–Trinajstić information content (AvgIpc) is 2.87. The maximum Gasteiger partial charge on any atom is 0.387 e. The lowest BCUT2D eigenvalue weighted by atomic mass is 10.2. The van der Waals surface area contributed by atoms with Crippen molar-refractivity contribution in [2.75, 3.05) is 5.32 Å². The van der Waals surface area contributed by atoms with Crippen LogP contribution in [0.2, 0.25) is 10.0 Å². The molecule has 1 unspecified atom stereocenters. The van der Waals surface area contributed by atoms with Crippen LogP contribution in [-0.2, 0) is 0 Å². The monoisotopic (exact) mass is 338 g/mol. The Morgan fingerprint density at radius 2 is 1.95 bits per heavy atom. The molecule has 0 aliphatic carbocycles. The number of anilines is 1. The van der Waals surface area contributed by atoms with Gasteiger partial charge in [-0.1, -0.05) is 23.2 Å². The SMILES string of the molecule is CC(Nc1cc(Cl)c(OC(F)F)c(Cl)c1)c1cncs1. The molecule has 0 amide bonds. The molecular formula is C12H10Cl2F2N2OS. The van der Waals surface area contributed by atoms with Crippen molar-refractivity contribution in [1.29, 1.82) is 0 Å². The Balaban J connectivity index is 2.18. The molecule has 1 aromatic carbocycles. The minimum absolute atomic E-state index is 0.00324. The number of nitrogens with zero attached hydrogens (tertiary/aromatic N) is 1. The maximum atomic E-state index is 12.2. The van der Waals surface area contributed by atoms with E-state index < -0.39 is 6.61 Å². The van der Waals surface area contributed by atoms with E-state index in [-0.39, 0.29) is 21.8 Å². The third-order valence-corrected chi connectivity index (χ3v) is 3.99. The van der Waals surface area contributed by atoms with E-state index in [2.05, 4.69) is 15.0 Å². The van der Waals surface area contributed by atoms with E-state index in [1.807, 2.05) is 6.92 Å². The van der Waals surface area contributed by atoms with E-state index in [0.717, 1.165) is 4.88 Å². The lowest BCUT2D eigenvalue weighted by Gasteiger charge is -2.16. The lowest BCUT2D eigenvalue weighted by Crippen LogP contribution is -2.06. The summed E-state index contributed by atoms with van der Waals surface area (Å²) < 4.78 is 28.7. The Kier molecular flexibility index (Phi) is 5.01. The van der Waals surface area contributed by atoms with Crippen LogP contribution in [0.1, 0.15) is 17.8 Å². The number of benzene rings is 1. The van der Waals surface area contributed by atoms with Crippen molar-refractivity contribution in [3.63, 3.8) is 0 Å². The van der Waals surface area contributed by atoms with Crippen molar-refractivity contribution in [3.8, 4) is 5.75 Å². The van der Waals surface area contributed by atoms with Gasteiger partial charge in [0, 0.05) is 16.8 Å². The van der Waals surface area contributed by atoms with Crippen LogP contribution in [0.5, 0.6) is 5.75 Å². The van der Waals surface area contributed by atoms with Gasteiger partial charge < -0.3 is 10.1 Å². The molecule has 2 rings (SSSR count). The molecule has 0 fully saturated rings. The van der Waals surface area contributed by atoms with Crippen molar-refractivity contribution in [1.82, 2.24) is 4.98 Å². The Bertz CT molecular complexity index is 558. The van der Waals surface area contributed by atoms with Gasteiger partial charge in [-0.25, -0.2) is 0 Å². The fraction of sp³-hybridized carbons (Fsp3) is 0.250. The largest absolute Gasteiger partial charge is 0.432 e. The number of rotatable bonds is 5. The van der Waals surface area contributed by atoms with Crippen LogP contribution in [0.25, 0.3) is 0 Å². The molecule has 0 radical (unpaired) electrons. The first-order chi connectivity index (χ1) is 9.47. The van der Waals surface area contributed by atoms with Crippen molar-refractivity contribution in [3.05, 3.63) is 38.8 Å². The second kappa shape index (κ2) is 6.56. The van der Waals surface area contributed by atoms with Gasteiger partial charge in [0.2, 0.25) is 0 Å². The van der Waals surface area contributed by atoms with Crippen LogP contribution >= 0.6 is 34.5 Å². The molecule has 0 aliphatic heterocycles. The van der Waals surface area contributed by atoms with Crippen LogP contribution in [-0.4, -0.2) is 11.6 Å². The van der Waals surface area contributed by atoms with E-state index >= 15 is 0 Å². The fourth-order valence-corrected chi connectivity index (χ4v) is 2.81. The average molecular weight is 339 g/mol. The van der Waals surface area contributed by atoms with Gasteiger partial charge in [-0.2, -0.15) is 8.78 Å². The molecule has 0 saturated heterocycles. The van der Waals surface area contributed by atoms with Gasteiger partial charge in [0.05, 0.1) is 21.6 Å². The Morgan fingerprint density at radius 1 is 1.30 bits per heavy atom. The van der Waals surface area contributed by atoms with Crippen molar-refractivity contribution in [2.24, 2.45) is 0 Å². The van der Waals surface area contributed by atoms with E-state index in [0.29, 0.717) is 5.69 Å². The topological polar surface area (TPSA) is 34.1 Å². The van der Waals surface area contributed by atoms with Crippen LogP contribution in [0.4, 0.5) is 14.5 Å². The first-order valence-electron chi connectivity index (χ1n) is 5.56. The summed E-state index contributed by atoms with van der Waals surface area (Å²) in [5.41, 5.74) is 2.34. The number of nitrogens with one attached hydrogen (secondary N) is 1. The first kappa shape index (κ1) is 15.3. The van der Waals surface area contributed by atoms with E-state index in [4.69, 9.17) is 23.2 Å². The normalized spacial score (nSPS) is 12.5. The highest BCUT2D eigenvalue weighted by Crippen LogP contribution is 2.37. The molecule has 3 nitrogen and oxygen atoms in total. The molecule has 0 aliphatic rings. The molecule has 1 aromatic heterocycles. The molecule has 1 N–H and O–H groups in total. The summed E-state index contributed by atoms with van der Waals surface area (Å²) in [5.74, 6) is -0.223. The summed E-state index contributed by atoms with van der Waals surface area (Å²) in [4.78, 5) is 5.02. The molecule has 0 saturated carbocycles. The van der Waals surface area contributed by atoms with Gasteiger partial charge in [0.15, 0.2) is 5.75 Å². The third-order valence-electron chi connectivity index (χ3n) is 2.47. The van der Waals surface area contributed by atoms with Crippen molar-refractivity contribution in [2.45, 2.75) is 19.6 Å². The second-order valence-electron chi connectivity index (χ2n) is 3.92. The smallest absolute Gasteiger partial charge is 0.387 e. The number of ether oxygens (including phenoxy) is 1. The maximum absolute atomic E-state index is 12.2. The van der Waals surface area contributed by atoms with Gasteiger partial charge >= 0.3 is 6.61 Å². The Labute approximate surface area is 128 Å². The summed E-state index contributed by atoms with van der Waals surface area (Å²) in [6, 6.07) is 2.97. The number of alkyl halides is 2. The summed E-state index contributed by atoms with van der Waals surface area (Å²) in [6.07, 6.45) is 1.75. The lowest BCUT2D eigenvalue weighted by molar-refractivity contribution is -0.0497. The van der Waals surface area contributed by atoms with E-state index in [1.165, 1.54) is 23.5 Å². The Hall–Kier alpha value is -1.11. The van der Waals surface area contributed by atoms with Crippen molar-refractivity contribution >= 4 is 40.2 Å². The van der Waals surface area contributed by atoms with Gasteiger partial charge in [0.1, 0.15) is 0 Å². The van der Waals surface area contributed by atoms with Gasteiger partial charge in [-0.05, 0) is 19.1 Å². The first-order valence-corrected chi connectivity index (χ1v) is 7.19. The number of halogens is 4. The quantitative estimate of drug-likeness (QED) is 0.810. The molecule has 8 heteroatoms. The molecule has 1 heterocycles. The molecule has 108 valence electrons. The number of hydrogen-bond donors (Lipinski definition) is 1. The number of aromatic nitrogens is 1. The summed E-state index contributed by atoms with van der Waals surface area (Å²) in [5, 5.41) is 3.21.